The van der Waals surface area contributed by atoms with Gasteiger partial charge < -0.3 is 10.2 Å². The van der Waals surface area contributed by atoms with Crippen LogP contribution in [-0.4, -0.2) is 22.4 Å². The Morgan fingerprint density at radius 2 is 0.733 bits per heavy atom. The van der Waals surface area contributed by atoms with Crippen molar-refractivity contribution in [1.29, 1.82) is 0 Å². The van der Waals surface area contributed by atoms with Crippen molar-refractivity contribution >= 4 is 0 Å². The van der Waals surface area contributed by atoms with E-state index in [2.05, 4.69) is 27.7 Å². The van der Waals surface area contributed by atoms with E-state index in [1.807, 2.05) is 0 Å². The fraction of sp³-hybridized carbons (Fsp3) is 0.500. The maximum absolute atomic E-state index is 8.06. The van der Waals surface area contributed by atoms with Gasteiger partial charge in [-0.3, -0.25) is 0 Å². The molecule has 0 saturated heterocycles. The van der Waals surface area contributed by atoms with Crippen LogP contribution in [0.4, 0.5) is 0 Å². The fourth-order valence-electron chi connectivity index (χ4n) is 0. The van der Waals surface area contributed by atoms with Crippen molar-refractivity contribution in [1.82, 2.24) is 0 Å². The Bertz CT molecular complexity index is 44.1. The van der Waals surface area contributed by atoms with Gasteiger partial charge in [-0.1, -0.05) is 0 Å². The third kappa shape index (κ3) is 2670. The van der Waals surface area contributed by atoms with Gasteiger partial charge in [0.1, 0.15) is 0 Å². The Morgan fingerprint density at radius 3 is 0.733 bits per heavy atom. The van der Waals surface area contributed by atoms with E-state index < -0.39 is 0 Å². The third-order valence-electron chi connectivity index (χ3n) is 0. The first kappa shape index (κ1) is 29.7. The Labute approximate surface area is 121 Å². The maximum Gasteiger partial charge on any atom is 0.0483 e. The van der Waals surface area contributed by atoms with Crippen molar-refractivity contribution in [3.8, 4) is 0 Å². The molecule has 0 aliphatic carbocycles. The van der Waals surface area contributed by atoms with Gasteiger partial charge in [-0.25, -0.2) is 0 Å². The normalized spacial score (nSPS) is 7.20. The molecule has 2 N–H and O–H groups in total. The first-order valence-corrected chi connectivity index (χ1v) is 4.46. The predicted octanol–water partition coefficient (Wildman–Crippen LogP) is 2.49. The number of aliphatic hydroxyl groups excluding tert-OH is 2. The van der Waals surface area contributed by atoms with Gasteiger partial charge >= 0.3 is 0 Å². The summed E-state index contributed by atoms with van der Waals surface area (Å²) < 4.78 is 0. The predicted molar refractivity (Wildman–Crippen MR) is 64.7 cm³/mol. The average Bonchev–Trinajstić information content (AvgIpc) is 1.85. The number of hydrogen-bond acceptors (Lipinski definition) is 2. The molecular weight excluding hydrogens is 414 g/mol. The summed E-state index contributed by atoms with van der Waals surface area (Å²) in [7, 11) is 0. The standard InChI is InChI=1S/2C3H8O.2C3H5.U/c2*1-3(2)4;2*1-3-2;/h2*3-4H,1-2H3;2*3H,1-2H2;. The van der Waals surface area contributed by atoms with Crippen LogP contribution in [0.5, 0.6) is 0 Å². The summed E-state index contributed by atoms with van der Waals surface area (Å²) in [5, 5.41) is 16.1. The van der Waals surface area contributed by atoms with Gasteiger partial charge in [-0.05, 0) is 68.2 Å². The van der Waals surface area contributed by atoms with Gasteiger partial charge in [0, 0.05) is 43.3 Å². The van der Waals surface area contributed by atoms with Crippen molar-refractivity contribution in [2.75, 3.05) is 0 Å². The monoisotopic (exact) mass is 440 g/mol. The number of hydrogen-bond donors (Lipinski definition) is 2. The molecule has 0 fully saturated rings. The summed E-state index contributed by atoms with van der Waals surface area (Å²) in [6.07, 6.45) is 2.67. The van der Waals surface area contributed by atoms with Crippen molar-refractivity contribution < 1.29 is 41.3 Å². The molecule has 0 aromatic heterocycles. The molecule has 0 bridgehead atoms. The zero-order chi connectivity index (χ0) is 12.6. The minimum absolute atomic E-state index is 0. The topological polar surface area (TPSA) is 40.5 Å². The second-order valence-corrected chi connectivity index (χ2v) is 2.76. The van der Waals surface area contributed by atoms with Gasteiger partial charge in [-0.15, -0.1) is 0 Å². The molecule has 90 valence electrons. The van der Waals surface area contributed by atoms with E-state index in [4.69, 9.17) is 10.2 Å². The molecule has 6 radical (unpaired) electrons. The Balaban J connectivity index is -0.0000000293. The van der Waals surface area contributed by atoms with Crippen LogP contribution in [0, 0.1) is 71.6 Å². The molecule has 0 aliphatic heterocycles. The van der Waals surface area contributed by atoms with E-state index in [0.717, 1.165) is 0 Å². The Hall–Kier alpha value is 0.972. The largest absolute Gasteiger partial charge is 0.394 e. The molecule has 0 saturated carbocycles. The van der Waals surface area contributed by atoms with E-state index in [-0.39, 0.29) is 43.3 Å². The van der Waals surface area contributed by atoms with Gasteiger partial charge in [0.2, 0.25) is 0 Å². The molecule has 0 spiro atoms. The summed E-state index contributed by atoms with van der Waals surface area (Å²) in [6, 6.07) is 0. The van der Waals surface area contributed by atoms with Gasteiger partial charge in [0.15, 0.2) is 0 Å². The molecule has 0 atom stereocenters. The summed E-state index contributed by atoms with van der Waals surface area (Å²) in [6.45, 7) is 19.9. The minimum Gasteiger partial charge on any atom is -0.394 e. The van der Waals surface area contributed by atoms with Crippen molar-refractivity contribution in [2.45, 2.75) is 39.9 Å². The van der Waals surface area contributed by atoms with Crippen LogP contribution in [0.3, 0.4) is 0 Å². The van der Waals surface area contributed by atoms with Crippen LogP contribution >= 0.6 is 0 Å². The molecule has 0 rings (SSSR count). The molecule has 0 amide bonds. The van der Waals surface area contributed by atoms with E-state index in [1.54, 1.807) is 27.7 Å². The van der Waals surface area contributed by atoms with E-state index in [1.165, 1.54) is 12.8 Å². The second kappa shape index (κ2) is 36.3. The summed E-state index contributed by atoms with van der Waals surface area (Å²) in [4.78, 5) is 0. The second-order valence-electron chi connectivity index (χ2n) is 2.76. The van der Waals surface area contributed by atoms with Crippen LogP contribution in [-0.2, 0) is 0 Å². The zero-order valence-corrected chi connectivity index (χ0v) is 14.7. The third-order valence-corrected chi connectivity index (χ3v) is 0. The molecule has 2 nitrogen and oxygen atoms in total. The van der Waals surface area contributed by atoms with Crippen LogP contribution in [0.25, 0.3) is 0 Å². The van der Waals surface area contributed by atoms with Crippen molar-refractivity contribution in [2.24, 2.45) is 0 Å². The molecule has 0 aromatic rings. The number of aliphatic hydroxyl groups is 2. The first-order valence-electron chi connectivity index (χ1n) is 4.46. The van der Waals surface area contributed by atoms with Gasteiger partial charge in [0.05, 0.1) is 0 Å². The van der Waals surface area contributed by atoms with Crippen LogP contribution < -0.4 is 0 Å². The smallest absolute Gasteiger partial charge is 0.0483 e. The Kier molecular flexibility index (Phi) is 72.0. The fourth-order valence-corrected chi connectivity index (χ4v) is 0. The van der Waals surface area contributed by atoms with E-state index >= 15 is 0 Å². The van der Waals surface area contributed by atoms with E-state index in [9.17, 15) is 0 Å². The summed E-state index contributed by atoms with van der Waals surface area (Å²) >= 11 is 0. The van der Waals surface area contributed by atoms with Gasteiger partial charge in [-0.2, -0.15) is 0 Å². The van der Waals surface area contributed by atoms with Crippen LogP contribution in [0.15, 0.2) is 0 Å². The average molecular weight is 440 g/mol. The van der Waals surface area contributed by atoms with Crippen LogP contribution in [0.2, 0.25) is 0 Å². The molecule has 3 heteroatoms. The van der Waals surface area contributed by atoms with Crippen LogP contribution in [0.1, 0.15) is 27.7 Å². The molecule has 0 heterocycles. The molecule has 0 aliphatic rings. The quantitative estimate of drug-likeness (QED) is 0.608. The molecule has 15 heavy (non-hydrogen) atoms. The Morgan fingerprint density at radius 1 is 0.733 bits per heavy atom. The summed E-state index contributed by atoms with van der Waals surface area (Å²) in [5.74, 6) is 0. The first-order chi connectivity index (χ1) is 6.29. The molecule has 0 unspecified atom stereocenters. The zero-order valence-electron chi connectivity index (χ0n) is 10.5. The SMILES string of the molecule is CC(C)O.CC(C)O.[CH2][CH][CH2].[CH2][CH][CH2].[U]. The molecule has 0 aromatic carbocycles. The summed E-state index contributed by atoms with van der Waals surface area (Å²) in [5.41, 5.74) is 0. The maximum atomic E-state index is 8.06. The minimum atomic E-state index is -0.167. The number of rotatable bonds is 0. The van der Waals surface area contributed by atoms with Crippen molar-refractivity contribution in [3.63, 3.8) is 0 Å². The van der Waals surface area contributed by atoms with Crippen molar-refractivity contribution in [3.05, 3.63) is 40.5 Å². The molecular formula is C12H26O2U. The van der Waals surface area contributed by atoms with E-state index in [0.29, 0.717) is 0 Å². The van der Waals surface area contributed by atoms with Gasteiger partial charge in [0.25, 0.3) is 0 Å².